The van der Waals surface area contributed by atoms with Crippen LogP contribution in [0, 0.1) is 5.92 Å². The van der Waals surface area contributed by atoms with E-state index in [2.05, 4.69) is 15.5 Å². The fraction of sp³-hybridized carbons (Fsp3) is 0.833. The lowest BCUT2D eigenvalue weighted by molar-refractivity contribution is -0.137. The second kappa shape index (κ2) is 8.05. The summed E-state index contributed by atoms with van der Waals surface area (Å²) in [7, 11) is 1.94. The van der Waals surface area contributed by atoms with Crippen LogP contribution in [0.3, 0.4) is 0 Å². The average Bonchev–Trinajstić information content (AvgIpc) is 2.72. The van der Waals surface area contributed by atoms with Crippen LogP contribution in [-0.4, -0.2) is 61.7 Å². The van der Waals surface area contributed by atoms with Gasteiger partial charge >= 0.3 is 5.97 Å². The van der Waals surface area contributed by atoms with Crippen molar-refractivity contribution in [1.82, 2.24) is 15.5 Å². The third-order valence-electron chi connectivity index (χ3n) is 3.12. The van der Waals surface area contributed by atoms with Crippen LogP contribution in [0.4, 0.5) is 0 Å². The van der Waals surface area contributed by atoms with Crippen molar-refractivity contribution in [1.29, 1.82) is 0 Å². The molecule has 0 spiro atoms. The minimum atomic E-state index is -0.821. The number of nitrogens with one attached hydrogen (secondary N) is 2. The summed E-state index contributed by atoms with van der Waals surface area (Å²) in [5, 5.41) is 14.4. The van der Waals surface area contributed by atoms with Gasteiger partial charge in [0.25, 0.3) is 0 Å². The maximum absolute atomic E-state index is 11.6. The van der Waals surface area contributed by atoms with E-state index in [1.165, 1.54) is 0 Å². The van der Waals surface area contributed by atoms with Gasteiger partial charge in [-0.1, -0.05) is 0 Å². The Hall–Kier alpha value is -1.14. The molecule has 1 saturated heterocycles. The third kappa shape index (κ3) is 5.97. The Bertz CT molecular complexity index is 284. The molecule has 0 bridgehead atoms. The van der Waals surface area contributed by atoms with Crippen molar-refractivity contribution in [3.8, 4) is 0 Å². The van der Waals surface area contributed by atoms with Crippen LogP contribution >= 0.6 is 0 Å². The fourth-order valence-corrected chi connectivity index (χ4v) is 2.24. The van der Waals surface area contributed by atoms with E-state index in [0.29, 0.717) is 25.4 Å². The van der Waals surface area contributed by atoms with Gasteiger partial charge in [0, 0.05) is 19.5 Å². The highest BCUT2D eigenvalue weighted by atomic mass is 16.4. The summed E-state index contributed by atoms with van der Waals surface area (Å²) >= 11 is 0. The van der Waals surface area contributed by atoms with Crippen LogP contribution in [0.5, 0.6) is 0 Å². The second-order valence-electron chi connectivity index (χ2n) is 4.79. The van der Waals surface area contributed by atoms with Crippen molar-refractivity contribution < 1.29 is 14.7 Å². The highest BCUT2D eigenvalue weighted by Crippen LogP contribution is 2.14. The second-order valence-corrected chi connectivity index (χ2v) is 4.79. The van der Waals surface area contributed by atoms with E-state index in [4.69, 9.17) is 5.11 Å². The first kappa shape index (κ1) is 14.9. The molecule has 1 atom stereocenters. The largest absolute Gasteiger partial charge is 0.481 e. The Morgan fingerprint density at radius 2 is 2.22 bits per heavy atom. The van der Waals surface area contributed by atoms with Gasteiger partial charge in [-0.2, -0.15) is 0 Å². The van der Waals surface area contributed by atoms with Crippen LogP contribution in [-0.2, 0) is 9.59 Å². The summed E-state index contributed by atoms with van der Waals surface area (Å²) in [4.78, 5) is 24.0. The first-order chi connectivity index (χ1) is 8.61. The van der Waals surface area contributed by atoms with Gasteiger partial charge < -0.3 is 15.7 Å². The molecule has 0 aromatic heterocycles. The highest BCUT2D eigenvalue weighted by molar-refractivity contribution is 5.78. The van der Waals surface area contributed by atoms with Gasteiger partial charge in [0.05, 0.1) is 6.54 Å². The Kier molecular flexibility index (Phi) is 6.67. The van der Waals surface area contributed by atoms with Gasteiger partial charge in [0.15, 0.2) is 0 Å². The molecule has 0 saturated carbocycles. The number of likely N-dealkylation sites (tertiary alicyclic amines) is 1. The van der Waals surface area contributed by atoms with Gasteiger partial charge in [0.1, 0.15) is 0 Å². The number of hydrogen-bond acceptors (Lipinski definition) is 4. The standard InChI is InChI=1S/C12H23N3O3/c1-13-7-10-4-6-15(8-10)9-11(16)14-5-2-3-12(17)18/h10,13H,2-9H2,1H3,(H,14,16)(H,17,18). The third-order valence-corrected chi connectivity index (χ3v) is 3.12. The van der Waals surface area contributed by atoms with Crippen molar-refractivity contribution in [3.05, 3.63) is 0 Å². The fourth-order valence-electron chi connectivity index (χ4n) is 2.24. The predicted molar refractivity (Wildman–Crippen MR) is 68.4 cm³/mol. The van der Waals surface area contributed by atoms with Gasteiger partial charge in [-0.15, -0.1) is 0 Å². The van der Waals surface area contributed by atoms with E-state index in [0.717, 1.165) is 26.1 Å². The number of carboxylic acids is 1. The van der Waals surface area contributed by atoms with E-state index in [-0.39, 0.29) is 12.3 Å². The van der Waals surface area contributed by atoms with E-state index in [1.54, 1.807) is 0 Å². The quantitative estimate of drug-likeness (QED) is 0.511. The monoisotopic (exact) mass is 257 g/mol. The number of carbonyl (C=O) groups is 2. The van der Waals surface area contributed by atoms with Crippen LogP contribution in [0.1, 0.15) is 19.3 Å². The van der Waals surface area contributed by atoms with Gasteiger partial charge in [-0.25, -0.2) is 0 Å². The summed E-state index contributed by atoms with van der Waals surface area (Å²) < 4.78 is 0. The molecule has 0 aliphatic carbocycles. The molecule has 6 nitrogen and oxygen atoms in total. The molecule has 1 fully saturated rings. The van der Waals surface area contributed by atoms with Crippen LogP contribution in [0.15, 0.2) is 0 Å². The number of amides is 1. The van der Waals surface area contributed by atoms with Crippen LogP contribution in [0.25, 0.3) is 0 Å². The number of carboxylic acid groups (broad SMARTS) is 1. The number of hydrogen-bond donors (Lipinski definition) is 3. The molecular formula is C12H23N3O3. The zero-order valence-electron chi connectivity index (χ0n) is 10.9. The molecule has 1 aliphatic rings. The number of carbonyl (C=O) groups excluding carboxylic acids is 1. The van der Waals surface area contributed by atoms with Crippen LogP contribution in [0.2, 0.25) is 0 Å². The minimum Gasteiger partial charge on any atom is -0.481 e. The van der Waals surface area contributed by atoms with Crippen molar-refractivity contribution in [3.63, 3.8) is 0 Å². The van der Waals surface area contributed by atoms with Gasteiger partial charge in [0.2, 0.25) is 5.91 Å². The normalized spacial score (nSPS) is 19.9. The van der Waals surface area contributed by atoms with Crippen molar-refractivity contribution in [2.24, 2.45) is 5.92 Å². The summed E-state index contributed by atoms with van der Waals surface area (Å²) in [5.74, 6) is -0.195. The zero-order valence-corrected chi connectivity index (χ0v) is 10.9. The average molecular weight is 257 g/mol. The minimum absolute atomic E-state index is 0.00880. The first-order valence-corrected chi connectivity index (χ1v) is 6.47. The number of nitrogens with zero attached hydrogens (tertiary/aromatic N) is 1. The summed E-state index contributed by atoms with van der Waals surface area (Å²) in [6.07, 6.45) is 1.73. The molecule has 104 valence electrons. The summed E-state index contributed by atoms with van der Waals surface area (Å²) in [5.41, 5.74) is 0. The van der Waals surface area contributed by atoms with Crippen LogP contribution < -0.4 is 10.6 Å². The molecule has 1 heterocycles. The van der Waals surface area contributed by atoms with Gasteiger partial charge in [-0.3, -0.25) is 14.5 Å². The molecule has 1 unspecified atom stereocenters. The van der Waals surface area contributed by atoms with Crippen molar-refractivity contribution >= 4 is 11.9 Å². The molecule has 6 heteroatoms. The molecule has 1 amide bonds. The smallest absolute Gasteiger partial charge is 0.303 e. The summed E-state index contributed by atoms with van der Waals surface area (Å²) in [6, 6.07) is 0. The molecule has 0 radical (unpaired) electrons. The van der Waals surface area contributed by atoms with Crippen molar-refractivity contribution in [2.45, 2.75) is 19.3 Å². The summed E-state index contributed by atoms with van der Waals surface area (Å²) in [6.45, 7) is 3.79. The number of aliphatic carboxylic acids is 1. The molecule has 0 aromatic carbocycles. The Balaban J connectivity index is 2.08. The Morgan fingerprint density at radius 1 is 1.44 bits per heavy atom. The van der Waals surface area contributed by atoms with E-state index in [1.807, 2.05) is 7.05 Å². The Morgan fingerprint density at radius 3 is 2.89 bits per heavy atom. The maximum Gasteiger partial charge on any atom is 0.303 e. The molecule has 18 heavy (non-hydrogen) atoms. The van der Waals surface area contributed by atoms with E-state index in [9.17, 15) is 9.59 Å². The molecule has 3 N–H and O–H groups in total. The zero-order chi connectivity index (χ0) is 13.4. The lowest BCUT2D eigenvalue weighted by Gasteiger charge is -2.15. The molecular weight excluding hydrogens is 234 g/mol. The van der Waals surface area contributed by atoms with Crippen molar-refractivity contribution in [2.75, 3.05) is 39.8 Å². The van der Waals surface area contributed by atoms with Gasteiger partial charge in [-0.05, 0) is 38.9 Å². The lowest BCUT2D eigenvalue weighted by Crippen LogP contribution is -2.37. The molecule has 0 aromatic rings. The first-order valence-electron chi connectivity index (χ1n) is 6.47. The number of rotatable bonds is 8. The molecule has 1 rings (SSSR count). The maximum atomic E-state index is 11.6. The Labute approximate surface area is 108 Å². The van der Waals surface area contributed by atoms with E-state index >= 15 is 0 Å². The molecule has 1 aliphatic heterocycles. The topological polar surface area (TPSA) is 81.7 Å². The SMILES string of the molecule is CNCC1CCN(CC(=O)NCCCC(=O)O)C1. The predicted octanol–water partition coefficient (Wildman–Crippen LogP) is -0.491. The van der Waals surface area contributed by atoms with E-state index < -0.39 is 5.97 Å². The lowest BCUT2D eigenvalue weighted by atomic mass is 10.1. The highest BCUT2D eigenvalue weighted by Gasteiger charge is 2.23.